The molecule has 0 radical (unpaired) electrons. The van der Waals surface area contributed by atoms with E-state index in [1.165, 1.54) is 16.8 Å². The van der Waals surface area contributed by atoms with Crippen molar-refractivity contribution in [3.8, 4) is 11.3 Å². The number of carbonyl (C=O) groups is 2. The zero-order valence-corrected chi connectivity index (χ0v) is 20.7. The summed E-state index contributed by atoms with van der Waals surface area (Å²) >= 11 is 0. The first kappa shape index (κ1) is 26.4. The van der Waals surface area contributed by atoms with Crippen LogP contribution >= 0.6 is 0 Å². The van der Waals surface area contributed by atoms with Crippen LogP contribution in [-0.4, -0.2) is 60.5 Å². The van der Waals surface area contributed by atoms with Crippen molar-refractivity contribution in [2.24, 2.45) is 0 Å². The van der Waals surface area contributed by atoms with E-state index >= 15 is 0 Å². The topological polar surface area (TPSA) is 106 Å². The van der Waals surface area contributed by atoms with E-state index in [2.05, 4.69) is 15.7 Å². The molecule has 2 amide bonds. The molecule has 1 aromatic heterocycles. The molecule has 2 N–H and O–H groups in total. The number of nitrogens with zero attached hydrogens (tertiary/aromatic N) is 3. The average Bonchev–Trinajstić information content (AvgIpc) is 2.84. The number of nitrogens with one attached hydrogen (secondary N) is 2. The van der Waals surface area contributed by atoms with Gasteiger partial charge in [-0.25, -0.2) is 9.48 Å². The Morgan fingerprint density at radius 2 is 1.86 bits per heavy atom. The van der Waals surface area contributed by atoms with Crippen molar-refractivity contribution in [2.45, 2.75) is 13.5 Å². The number of ether oxygens (including phenoxy) is 1. The number of likely N-dealkylation sites (N-methyl/N-ethyl adjacent to an activating group) is 1. The molecule has 36 heavy (non-hydrogen) atoms. The van der Waals surface area contributed by atoms with Gasteiger partial charge in [0.2, 0.25) is 5.91 Å². The first-order valence-electron chi connectivity index (χ1n) is 11.7. The predicted octanol–water partition coefficient (Wildman–Crippen LogP) is 3.22. The van der Waals surface area contributed by atoms with Crippen molar-refractivity contribution in [3.05, 3.63) is 88.2 Å². The van der Waals surface area contributed by atoms with E-state index in [1.807, 2.05) is 49.3 Å². The predicted molar refractivity (Wildman–Crippen MR) is 141 cm³/mol. The zero-order chi connectivity index (χ0) is 25.9. The normalized spacial score (nSPS) is 11.0. The van der Waals surface area contributed by atoms with Crippen LogP contribution in [0.1, 0.15) is 18.1 Å². The van der Waals surface area contributed by atoms with Gasteiger partial charge in [0.1, 0.15) is 0 Å². The first-order valence-corrected chi connectivity index (χ1v) is 11.7. The summed E-state index contributed by atoms with van der Waals surface area (Å²) < 4.78 is 6.28. The maximum absolute atomic E-state index is 12.4. The van der Waals surface area contributed by atoms with Gasteiger partial charge in [0.05, 0.1) is 18.8 Å². The van der Waals surface area contributed by atoms with E-state index in [4.69, 9.17) is 4.74 Å². The van der Waals surface area contributed by atoms with Crippen molar-refractivity contribution < 1.29 is 14.3 Å². The lowest BCUT2D eigenvalue weighted by Crippen LogP contribution is -2.30. The van der Waals surface area contributed by atoms with Crippen molar-refractivity contribution in [1.29, 1.82) is 0 Å². The second-order valence-corrected chi connectivity index (χ2v) is 8.31. The smallest absolute Gasteiger partial charge is 0.411 e. The largest absolute Gasteiger partial charge is 0.450 e. The molecule has 0 unspecified atom stereocenters. The third kappa shape index (κ3) is 8.21. The molecule has 0 spiro atoms. The van der Waals surface area contributed by atoms with E-state index in [9.17, 15) is 14.4 Å². The summed E-state index contributed by atoms with van der Waals surface area (Å²) in [4.78, 5) is 38.0. The van der Waals surface area contributed by atoms with Crippen LogP contribution in [0.5, 0.6) is 0 Å². The highest BCUT2D eigenvalue weighted by atomic mass is 16.5. The Morgan fingerprint density at radius 3 is 2.58 bits per heavy atom. The zero-order valence-electron chi connectivity index (χ0n) is 20.7. The highest BCUT2D eigenvalue weighted by Gasteiger charge is 2.07. The fourth-order valence-corrected chi connectivity index (χ4v) is 3.32. The first-order chi connectivity index (χ1) is 17.3. The number of carbonyl (C=O) groups excluding carboxylic acids is 2. The number of anilines is 1. The Bertz CT molecular complexity index is 1270. The summed E-state index contributed by atoms with van der Waals surface area (Å²) in [5, 5.41) is 10.0. The van der Waals surface area contributed by atoms with Crippen LogP contribution in [-0.2, 0) is 16.1 Å². The molecule has 1 heterocycles. The minimum absolute atomic E-state index is 0.142. The maximum atomic E-state index is 12.4. The van der Waals surface area contributed by atoms with Crippen molar-refractivity contribution in [2.75, 3.05) is 39.1 Å². The second-order valence-electron chi connectivity index (χ2n) is 8.31. The molecule has 188 valence electrons. The number of aromatic nitrogens is 2. The molecule has 0 saturated heterocycles. The molecule has 9 heteroatoms. The number of hydrogen-bond acceptors (Lipinski definition) is 6. The average molecular weight is 490 g/mol. The molecule has 3 rings (SSSR count). The Hall–Kier alpha value is -4.24. The van der Waals surface area contributed by atoms with E-state index in [0.717, 1.165) is 23.2 Å². The van der Waals surface area contributed by atoms with E-state index in [-0.39, 0.29) is 24.6 Å². The minimum Gasteiger partial charge on any atom is -0.450 e. The summed E-state index contributed by atoms with van der Waals surface area (Å²) in [6.07, 6.45) is 2.73. The van der Waals surface area contributed by atoms with Crippen LogP contribution in [0.3, 0.4) is 0 Å². The number of hydrogen-bond donors (Lipinski definition) is 2. The van der Waals surface area contributed by atoms with Crippen molar-refractivity contribution in [3.63, 3.8) is 0 Å². The molecule has 3 aromatic rings. The van der Waals surface area contributed by atoms with Crippen molar-refractivity contribution in [1.82, 2.24) is 20.0 Å². The molecule has 0 atom stereocenters. The molecular weight excluding hydrogens is 458 g/mol. The van der Waals surface area contributed by atoms with Gasteiger partial charge in [0.15, 0.2) is 0 Å². The van der Waals surface area contributed by atoms with Gasteiger partial charge in [-0.3, -0.25) is 14.9 Å². The molecule has 0 bridgehead atoms. The third-order valence-corrected chi connectivity index (χ3v) is 5.14. The minimum atomic E-state index is -0.532. The monoisotopic (exact) mass is 489 g/mol. The summed E-state index contributed by atoms with van der Waals surface area (Å²) in [7, 11) is 3.90. The summed E-state index contributed by atoms with van der Waals surface area (Å²) in [5.41, 5.74) is 3.51. The van der Waals surface area contributed by atoms with Crippen LogP contribution in [0.15, 0.2) is 71.5 Å². The Kier molecular flexibility index (Phi) is 9.53. The molecule has 0 saturated carbocycles. The van der Waals surface area contributed by atoms with Gasteiger partial charge < -0.3 is 15.0 Å². The Balaban J connectivity index is 1.68. The summed E-state index contributed by atoms with van der Waals surface area (Å²) in [6, 6.07) is 17.9. The van der Waals surface area contributed by atoms with E-state index in [1.54, 1.807) is 37.3 Å². The highest BCUT2D eigenvalue weighted by molar-refractivity contribution is 5.91. The lowest BCUT2D eigenvalue weighted by molar-refractivity contribution is -0.116. The third-order valence-electron chi connectivity index (χ3n) is 5.14. The number of amides is 2. The van der Waals surface area contributed by atoms with Gasteiger partial charge in [-0.2, -0.15) is 5.10 Å². The molecule has 0 fully saturated rings. The number of rotatable bonds is 10. The van der Waals surface area contributed by atoms with Gasteiger partial charge in [-0.1, -0.05) is 36.4 Å². The lowest BCUT2D eigenvalue weighted by Gasteiger charge is -2.10. The van der Waals surface area contributed by atoms with Gasteiger partial charge in [-0.05, 0) is 56.4 Å². The second kappa shape index (κ2) is 13.0. The van der Waals surface area contributed by atoms with Gasteiger partial charge >= 0.3 is 6.09 Å². The van der Waals surface area contributed by atoms with Gasteiger partial charge in [0, 0.05) is 36.5 Å². The SMILES string of the molecule is CCOC(=O)Nc1cccc(Cn2nc(-c3ccc(C=CC(=O)NCCN(C)C)cc3)ccc2=O)c1. The highest BCUT2D eigenvalue weighted by Crippen LogP contribution is 2.18. The maximum Gasteiger partial charge on any atom is 0.411 e. The van der Waals surface area contributed by atoms with Gasteiger partial charge in [0.25, 0.3) is 5.56 Å². The van der Waals surface area contributed by atoms with Crippen LogP contribution in [0, 0.1) is 0 Å². The molecule has 0 aliphatic carbocycles. The summed E-state index contributed by atoms with van der Waals surface area (Å²) in [5.74, 6) is -0.142. The molecule has 9 nitrogen and oxygen atoms in total. The quantitative estimate of drug-likeness (QED) is 0.424. The van der Waals surface area contributed by atoms with E-state index in [0.29, 0.717) is 17.9 Å². The summed E-state index contributed by atoms with van der Waals surface area (Å²) in [6.45, 7) is 3.62. The lowest BCUT2D eigenvalue weighted by atomic mass is 10.1. The fourth-order valence-electron chi connectivity index (χ4n) is 3.32. The Morgan fingerprint density at radius 1 is 1.08 bits per heavy atom. The fraction of sp³-hybridized carbons (Fsp3) is 0.259. The number of benzene rings is 2. The molecule has 0 aliphatic rings. The van der Waals surface area contributed by atoms with Crippen LogP contribution in [0.2, 0.25) is 0 Å². The van der Waals surface area contributed by atoms with E-state index < -0.39 is 6.09 Å². The Labute approximate surface area is 210 Å². The molecule has 2 aromatic carbocycles. The molecule has 0 aliphatic heterocycles. The van der Waals surface area contributed by atoms with Gasteiger partial charge in [-0.15, -0.1) is 0 Å². The van der Waals surface area contributed by atoms with Crippen molar-refractivity contribution >= 4 is 23.8 Å². The standard InChI is InChI=1S/C27H31N5O4/c1-4-36-27(35)29-23-7-5-6-21(18-23)19-32-26(34)15-13-24(30-32)22-11-8-20(9-12-22)10-14-25(33)28-16-17-31(2)3/h5-15,18H,4,16-17,19H2,1-3H3,(H,28,33)(H,29,35). The van der Waals surface area contributed by atoms with Crippen LogP contribution < -0.4 is 16.2 Å². The van der Waals surface area contributed by atoms with Crippen LogP contribution in [0.4, 0.5) is 10.5 Å². The molecular formula is C27H31N5O4. The van der Waals surface area contributed by atoms with Crippen LogP contribution in [0.25, 0.3) is 17.3 Å².